The first-order valence-electron chi connectivity index (χ1n) is 5.17. The van der Waals surface area contributed by atoms with E-state index in [1.165, 1.54) is 18.3 Å². The Hall–Kier alpha value is -1.59. The number of carbonyl (C=O) groups excluding carboxylic acids is 1. The maximum atomic E-state index is 10.9. The van der Waals surface area contributed by atoms with Gasteiger partial charge in [-0.1, -0.05) is 11.6 Å². The van der Waals surface area contributed by atoms with Crippen molar-refractivity contribution < 1.29 is 9.53 Å². The van der Waals surface area contributed by atoms with Gasteiger partial charge in [-0.3, -0.25) is 4.79 Å². The molecular weight excluding hydrogens is 272 g/mol. The van der Waals surface area contributed by atoms with Crippen LogP contribution < -0.4 is 10.1 Å². The van der Waals surface area contributed by atoms with Crippen LogP contribution in [0.15, 0.2) is 23.6 Å². The van der Waals surface area contributed by atoms with Gasteiger partial charge in [0.25, 0.3) is 0 Å². The van der Waals surface area contributed by atoms with Gasteiger partial charge < -0.3 is 10.1 Å². The zero-order valence-electron chi connectivity index (χ0n) is 9.86. The molecule has 1 aromatic heterocycles. The van der Waals surface area contributed by atoms with E-state index in [1.807, 2.05) is 5.38 Å². The summed E-state index contributed by atoms with van der Waals surface area (Å²) in [6, 6.07) is 5.33. The first-order chi connectivity index (χ1) is 8.60. The van der Waals surface area contributed by atoms with Crippen LogP contribution in [0.1, 0.15) is 6.92 Å². The highest BCUT2D eigenvalue weighted by molar-refractivity contribution is 7.14. The Labute approximate surface area is 114 Å². The van der Waals surface area contributed by atoms with E-state index < -0.39 is 0 Å². The summed E-state index contributed by atoms with van der Waals surface area (Å²) in [7, 11) is 1.59. The molecule has 1 amide bonds. The first kappa shape index (κ1) is 12.9. The second-order valence-electron chi connectivity index (χ2n) is 3.56. The number of nitrogens with one attached hydrogen (secondary N) is 1. The average molecular weight is 283 g/mol. The minimum Gasteiger partial charge on any atom is -0.496 e. The molecule has 0 unspecified atom stereocenters. The highest BCUT2D eigenvalue weighted by atomic mass is 35.5. The molecule has 2 rings (SSSR count). The number of ether oxygens (including phenoxy) is 1. The number of amides is 1. The Bertz CT molecular complexity index is 583. The van der Waals surface area contributed by atoms with E-state index in [4.69, 9.17) is 16.3 Å². The summed E-state index contributed by atoms with van der Waals surface area (Å²) in [5.41, 5.74) is 1.53. The normalized spacial score (nSPS) is 10.2. The standard InChI is InChI=1S/C12H11ClN2O2S/c1-7(16)14-12-15-10(6-18-12)9-5-8(13)3-4-11(9)17-2/h3-6H,1-2H3,(H,14,15,16). The van der Waals surface area contributed by atoms with Crippen LogP contribution in [0.5, 0.6) is 5.75 Å². The molecule has 0 saturated carbocycles. The highest BCUT2D eigenvalue weighted by Crippen LogP contribution is 2.34. The van der Waals surface area contributed by atoms with Crippen molar-refractivity contribution >= 4 is 34.0 Å². The number of thiazole rings is 1. The molecule has 1 heterocycles. The zero-order chi connectivity index (χ0) is 13.1. The third-order valence-corrected chi connectivity index (χ3v) is 3.22. The molecule has 0 aliphatic heterocycles. The molecule has 0 atom stereocenters. The number of carbonyl (C=O) groups is 1. The summed E-state index contributed by atoms with van der Waals surface area (Å²) in [6.45, 7) is 1.45. The van der Waals surface area contributed by atoms with Gasteiger partial charge in [0.15, 0.2) is 5.13 Å². The Kier molecular flexibility index (Phi) is 3.84. The minimum absolute atomic E-state index is 0.144. The van der Waals surface area contributed by atoms with E-state index in [-0.39, 0.29) is 5.91 Å². The lowest BCUT2D eigenvalue weighted by molar-refractivity contribution is -0.114. The smallest absolute Gasteiger partial charge is 0.223 e. The van der Waals surface area contributed by atoms with Crippen LogP contribution in [-0.4, -0.2) is 18.0 Å². The van der Waals surface area contributed by atoms with Crippen molar-refractivity contribution in [3.8, 4) is 17.0 Å². The number of methoxy groups -OCH3 is 1. The molecule has 18 heavy (non-hydrogen) atoms. The van der Waals surface area contributed by atoms with Gasteiger partial charge in [-0.25, -0.2) is 4.98 Å². The molecule has 0 saturated heterocycles. The summed E-state index contributed by atoms with van der Waals surface area (Å²) in [5, 5.41) is 5.65. The molecule has 0 fully saturated rings. The average Bonchev–Trinajstić information content (AvgIpc) is 2.76. The topological polar surface area (TPSA) is 51.2 Å². The number of rotatable bonds is 3. The lowest BCUT2D eigenvalue weighted by Gasteiger charge is -2.06. The number of aromatic nitrogens is 1. The maximum Gasteiger partial charge on any atom is 0.223 e. The number of hydrogen-bond acceptors (Lipinski definition) is 4. The lowest BCUT2D eigenvalue weighted by Crippen LogP contribution is -2.04. The number of nitrogens with zero attached hydrogens (tertiary/aromatic N) is 1. The molecule has 0 aliphatic rings. The van der Waals surface area contributed by atoms with Crippen molar-refractivity contribution in [1.29, 1.82) is 0 Å². The van der Waals surface area contributed by atoms with Crippen molar-refractivity contribution in [2.24, 2.45) is 0 Å². The zero-order valence-corrected chi connectivity index (χ0v) is 11.4. The largest absolute Gasteiger partial charge is 0.496 e. The fourth-order valence-electron chi connectivity index (χ4n) is 1.49. The molecule has 94 valence electrons. The minimum atomic E-state index is -0.144. The molecule has 2 aromatic rings. The summed E-state index contributed by atoms with van der Waals surface area (Å²) in [6.07, 6.45) is 0. The Morgan fingerprint density at radius 2 is 2.28 bits per heavy atom. The van der Waals surface area contributed by atoms with Gasteiger partial charge in [0, 0.05) is 22.9 Å². The van der Waals surface area contributed by atoms with E-state index in [2.05, 4.69) is 10.3 Å². The summed E-state index contributed by atoms with van der Waals surface area (Å²) >= 11 is 7.32. The van der Waals surface area contributed by atoms with Crippen molar-refractivity contribution in [2.75, 3.05) is 12.4 Å². The summed E-state index contributed by atoms with van der Waals surface area (Å²) < 4.78 is 5.26. The van der Waals surface area contributed by atoms with Gasteiger partial charge >= 0.3 is 0 Å². The van der Waals surface area contributed by atoms with Gasteiger partial charge in [-0.05, 0) is 18.2 Å². The van der Waals surface area contributed by atoms with Crippen LogP contribution >= 0.6 is 22.9 Å². The molecular formula is C12H11ClN2O2S. The van der Waals surface area contributed by atoms with Gasteiger partial charge in [-0.15, -0.1) is 11.3 Å². The van der Waals surface area contributed by atoms with E-state index in [1.54, 1.807) is 25.3 Å². The maximum absolute atomic E-state index is 10.9. The molecule has 6 heteroatoms. The molecule has 0 aliphatic carbocycles. The first-order valence-corrected chi connectivity index (χ1v) is 6.43. The van der Waals surface area contributed by atoms with Gasteiger partial charge in [0.1, 0.15) is 5.75 Å². The van der Waals surface area contributed by atoms with Crippen molar-refractivity contribution in [2.45, 2.75) is 6.92 Å². The molecule has 4 nitrogen and oxygen atoms in total. The number of benzene rings is 1. The van der Waals surface area contributed by atoms with Gasteiger partial charge in [0.05, 0.1) is 12.8 Å². The second-order valence-corrected chi connectivity index (χ2v) is 4.86. The molecule has 0 radical (unpaired) electrons. The van der Waals surface area contributed by atoms with E-state index in [0.717, 1.165) is 11.3 Å². The highest BCUT2D eigenvalue weighted by Gasteiger charge is 2.11. The predicted octanol–water partition coefficient (Wildman–Crippen LogP) is 3.43. The molecule has 1 N–H and O–H groups in total. The van der Waals surface area contributed by atoms with E-state index in [9.17, 15) is 4.79 Å². The number of halogens is 1. The quantitative estimate of drug-likeness (QED) is 0.938. The summed E-state index contributed by atoms with van der Waals surface area (Å²) in [5.74, 6) is 0.549. The third-order valence-electron chi connectivity index (χ3n) is 2.22. The van der Waals surface area contributed by atoms with Gasteiger partial charge in [0.2, 0.25) is 5.91 Å². The number of anilines is 1. The van der Waals surface area contributed by atoms with Crippen LogP contribution in [-0.2, 0) is 4.79 Å². The van der Waals surface area contributed by atoms with Crippen LogP contribution in [0.4, 0.5) is 5.13 Å². The predicted molar refractivity (Wildman–Crippen MR) is 73.4 cm³/mol. The van der Waals surface area contributed by atoms with Crippen LogP contribution in [0.25, 0.3) is 11.3 Å². The third kappa shape index (κ3) is 2.80. The molecule has 0 spiro atoms. The Morgan fingerprint density at radius 1 is 1.50 bits per heavy atom. The van der Waals surface area contributed by atoms with Gasteiger partial charge in [-0.2, -0.15) is 0 Å². The Morgan fingerprint density at radius 3 is 2.94 bits per heavy atom. The number of hydrogen-bond donors (Lipinski definition) is 1. The fourth-order valence-corrected chi connectivity index (χ4v) is 2.41. The fraction of sp³-hybridized carbons (Fsp3) is 0.167. The van der Waals surface area contributed by atoms with Crippen molar-refractivity contribution in [3.05, 3.63) is 28.6 Å². The molecule has 0 bridgehead atoms. The Balaban J connectivity index is 2.38. The van der Waals surface area contributed by atoms with Crippen LogP contribution in [0.3, 0.4) is 0 Å². The van der Waals surface area contributed by atoms with Crippen molar-refractivity contribution in [3.63, 3.8) is 0 Å². The second kappa shape index (κ2) is 5.37. The monoisotopic (exact) mass is 282 g/mol. The SMILES string of the molecule is COc1ccc(Cl)cc1-c1csc(NC(C)=O)n1. The lowest BCUT2D eigenvalue weighted by atomic mass is 10.1. The van der Waals surface area contributed by atoms with Crippen molar-refractivity contribution in [1.82, 2.24) is 4.98 Å². The van der Waals surface area contributed by atoms with E-state index >= 15 is 0 Å². The van der Waals surface area contributed by atoms with Crippen LogP contribution in [0.2, 0.25) is 5.02 Å². The summed E-state index contributed by atoms with van der Waals surface area (Å²) in [4.78, 5) is 15.3. The van der Waals surface area contributed by atoms with Crippen LogP contribution in [0, 0.1) is 0 Å². The van der Waals surface area contributed by atoms with E-state index in [0.29, 0.717) is 15.9 Å². The molecule has 1 aromatic carbocycles.